The summed E-state index contributed by atoms with van der Waals surface area (Å²) in [6.07, 6.45) is 3.69. The van der Waals surface area contributed by atoms with Gasteiger partial charge in [-0.05, 0) is 29.8 Å². The van der Waals surface area contributed by atoms with Crippen LogP contribution >= 0.6 is 11.3 Å². The number of fused-ring (bicyclic) bond motifs is 2. The molecule has 0 fully saturated rings. The fourth-order valence-corrected chi connectivity index (χ4v) is 4.15. The van der Waals surface area contributed by atoms with Gasteiger partial charge < -0.3 is 4.98 Å². The van der Waals surface area contributed by atoms with Crippen molar-refractivity contribution in [3.05, 3.63) is 47.7 Å². The van der Waals surface area contributed by atoms with Gasteiger partial charge in [0.2, 0.25) is 0 Å². The van der Waals surface area contributed by atoms with E-state index in [1.807, 2.05) is 18.2 Å². The minimum Gasteiger partial charge on any atom is -0.340 e. The van der Waals surface area contributed by atoms with Crippen molar-refractivity contribution < 1.29 is 8.60 Å². The minimum absolute atomic E-state index is 0.273. The second-order valence-corrected chi connectivity index (χ2v) is 7.68. The lowest BCUT2D eigenvalue weighted by Crippen LogP contribution is -1.92. The number of aromatic nitrogens is 4. The van der Waals surface area contributed by atoms with Crippen LogP contribution < -0.4 is 0 Å². The van der Waals surface area contributed by atoms with E-state index in [-0.39, 0.29) is 5.52 Å². The summed E-state index contributed by atoms with van der Waals surface area (Å²) in [5, 5.41) is 0. The molecule has 23 heavy (non-hydrogen) atoms. The van der Waals surface area contributed by atoms with Gasteiger partial charge in [-0.25, -0.2) is 19.3 Å². The van der Waals surface area contributed by atoms with Crippen LogP contribution in [0.4, 0.5) is 4.39 Å². The van der Waals surface area contributed by atoms with Gasteiger partial charge in [-0.1, -0.05) is 0 Å². The number of benzene rings is 1. The Hall–Kier alpha value is -2.19. The third kappa shape index (κ3) is 2.64. The van der Waals surface area contributed by atoms with E-state index in [1.54, 1.807) is 6.20 Å². The molecule has 0 bridgehead atoms. The Morgan fingerprint density at radius 3 is 3.00 bits per heavy atom. The fraction of sp³-hybridized carbons (Fsp3) is 0.133. The van der Waals surface area contributed by atoms with Crippen molar-refractivity contribution in [2.24, 2.45) is 0 Å². The largest absolute Gasteiger partial charge is 0.340 e. The van der Waals surface area contributed by atoms with Gasteiger partial charge in [0.25, 0.3) is 0 Å². The summed E-state index contributed by atoms with van der Waals surface area (Å²) >= 11 is 1.26. The van der Waals surface area contributed by atoms with Crippen LogP contribution in [-0.2, 0) is 17.2 Å². The van der Waals surface area contributed by atoms with E-state index >= 15 is 0 Å². The van der Waals surface area contributed by atoms with Crippen molar-refractivity contribution in [2.45, 2.75) is 10.8 Å². The van der Waals surface area contributed by atoms with Crippen LogP contribution in [0.25, 0.3) is 21.4 Å². The molecule has 0 radical (unpaired) electrons. The Bertz CT molecular complexity index is 1020. The number of hydrogen-bond acceptors (Lipinski definition) is 5. The highest BCUT2D eigenvalue weighted by Crippen LogP contribution is 2.28. The van der Waals surface area contributed by atoms with Crippen molar-refractivity contribution in [3.63, 3.8) is 0 Å². The van der Waals surface area contributed by atoms with Gasteiger partial charge in [0.1, 0.15) is 11.3 Å². The molecule has 8 heteroatoms. The summed E-state index contributed by atoms with van der Waals surface area (Å²) in [6.45, 7) is 0. The molecule has 1 unspecified atom stereocenters. The zero-order valence-corrected chi connectivity index (χ0v) is 13.7. The standard InChI is InChI=1S/C15H11FN4OS2/c1-23(21)15-20-13-9(16)5-8(6-11(13)22-15)7-12-18-10-3-2-4-17-14(10)19-12/h2-6H,7H2,1H3,(H,17,18,19). The maximum Gasteiger partial charge on any atom is 0.181 e. The second kappa shape index (κ2) is 5.47. The number of nitrogens with one attached hydrogen (secondary N) is 1. The number of nitrogens with zero attached hydrogens (tertiary/aromatic N) is 3. The predicted octanol–water partition coefficient (Wildman–Crippen LogP) is 3.03. The van der Waals surface area contributed by atoms with Gasteiger partial charge in [-0.15, -0.1) is 11.3 Å². The molecular weight excluding hydrogens is 335 g/mol. The average molecular weight is 346 g/mol. The van der Waals surface area contributed by atoms with Crippen LogP contribution in [-0.4, -0.2) is 30.4 Å². The summed E-state index contributed by atoms with van der Waals surface area (Å²) in [5.41, 5.74) is 2.55. The normalized spacial score (nSPS) is 13.0. The molecule has 0 aliphatic heterocycles. The first-order valence-corrected chi connectivity index (χ1v) is 9.19. The van der Waals surface area contributed by atoms with Crippen molar-refractivity contribution >= 4 is 43.5 Å². The molecule has 1 atom stereocenters. The smallest absolute Gasteiger partial charge is 0.181 e. The maximum absolute atomic E-state index is 14.2. The summed E-state index contributed by atoms with van der Waals surface area (Å²) in [6, 6.07) is 7.05. The number of imidazole rings is 1. The van der Waals surface area contributed by atoms with Crippen LogP contribution in [0, 0.1) is 5.82 Å². The van der Waals surface area contributed by atoms with Crippen LogP contribution in [0.5, 0.6) is 0 Å². The molecule has 1 aromatic carbocycles. The van der Waals surface area contributed by atoms with Crippen molar-refractivity contribution in [1.29, 1.82) is 0 Å². The topological polar surface area (TPSA) is 71.5 Å². The number of H-pyrrole nitrogens is 1. The van der Waals surface area contributed by atoms with Crippen molar-refractivity contribution in [1.82, 2.24) is 19.9 Å². The molecule has 0 spiro atoms. The highest BCUT2D eigenvalue weighted by atomic mass is 32.2. The lowest BCUT2D eigenvalue weighted by Gasteiger charge is -1.99. The zero-order chi connectivity index (χ0) is 16.0. The number of aromatic amines is 1. The summed E-state index contributed by atoms with van der Waals surface area (Å²) in [7, 11) is -1.21. The first-order valence-electron chi connectivity index (χ1n) is 6.82. The van der Waals surface area contributed by atoms with Gasteiger partial charge in [-0.3, -0.25) is 4.21 Å². The molecule has 3 aromatic heterocycles. The van der Waals surface area contributed by atoms with E-state index in [0.29, 0.717) is 21.1 Å². The van der Waals surface area contributed by atoms with Gasteiger partial charge in [0.15, 0.2) is 15.8 Å². The van der Waals surface area contributed by atoms with E-state index in [1.165, 1.54) is 23.7 Å². The molecule has 4 rings (SSSR count). The van der Waals surface area contributed by atoms with Crippen molar-refractivity contribution in [3.8, 4) is 0 Å². The molecule has 3 heterocycles. The van der Waals surface area contributed by atoms with E-state index in [9.17, 15) is 8.60 Å². The molecular formula is C15H11FN4OS2. The number of hydrogen-bond donors (Lipinski definition) is 1. The van der Waals surface area contributed by atoms with Gasteiger partial charge in [-0.2, -0.15) is 0 Å². The van der Waals surface area contributed by atoms with E-state index < -0.39 is 16.6 Å². The highest BCUT2D eigenvalue weighted by Gasteiger charge is 2.13. The molecule has 0 aliphatic carbocycles. The first-order chi connectivity index (χ1) is 11.1. The number of pyridine rings is 1. The zero-order valence-electron chi connectivity index (χ0n) is 12.0. The Labute approximate surface area is 137 Å². The molecule has 5 nitrogen and oxygen atoms in total. The molecule has 0 aliphatic rings. The van der Waals surface area contributed by atoms with Crippen LogP contribution in [0.15, 0.2) is 34.8 Å². The molecule has 0 saturated heterocycles. The highest BCUT2D eigenvalue weighted by molar-refractivity contribution is 7.86. The molecule has 0 amide bonds. The van der Waals surface area contributed by atoms with E-state index in [2.05, 4.69) is 19.9 Å². The lowest BCUT2D eigenvalue weighted by atomic mass is 10.1. The van der Waals surface area contributed by atoms with Crippen LogP contribution in [0.1, 0.15) is 11.4 Å². The monoisotopic (exact) mass is 346 g/mol. The SMILES string of the molecule is CS(=O)c1nc2c(F)cc(Cc3nc4ncccc4[nH]3)cc2s1. The molecule has 116 valence electrons. The molecule has 1 N–H and O–H groups in total. The van der Waals surface area contributed by atoms with E-state index in [4.69, 9.17) is 0 Å². The minimum atomic E-state index is -1.21. The lowest BCUT2D eigenvalue weighted by molar-refractivity contribution is 0.634. The molecule has 0 saturated carbocycles. The summed E-state index contributed by atoms with van der Waals surface area (Å²) in [4.78, 5) is 15.9. The van der Waals surface area contributed by atoms with Crippen LogP contribution in [0.2, 0.25) is 0 Å². The summed E-state index contributed by atoms with van der Waals surface area (Å²) < 4.78 is 26.9. The Morgan fingerprint density at radius 1 is 1.35 bits per heavy atom. The fourth-order valence-electron chi connectivity index (χ4n) is 2.42. The number of thiazole rings is 1. The quantitative estimate of drug-likeness (QED) is 0.619. The second-order valence-electron chi connectivity index (χ2n) is 5.09. The van der Waals surface area contributed by atoms with Crippen molar-refractivity contribution in [2.75, 3.05) is 6.26 Å². The Balaban J connectivity index is 1.74. The first kappa shape index (κ1) is 14.4. The number of rotatable bonds is 3. The van der Waals surface area contributed by atoms with Gasteiger partial charge in [0.05, 0.1) is 21.0 Å². The number of halogens is 1. The predicted molar refractivity (Wildman–Crippen MR) is 88.6 cm³/mol. The van der Waals surface area contributed by atoms with Gasteiger partial charge >= 0.3 is 0 Å². The Morgan fingerprint density at radius 2 is 2.22 bits per heavy atom. The molecule has 4 aromatic rings. The maximum atomic E-state index is 14.2. The van der Waals surface area contributed by atoms with Gasteiger partial charge in [0, 0.05) is 18.9 Å². The third-order valence-electron chi connectivity index (χ3n) is 3.41. The average Bonchev–Trinajstić information content (AvgIpc) is 3.10. The van der Waals surface area contributed by atoms with Crippen LogP contribution in [0.3, 0.4) is 0 Å². The van der Waals surface area contributed by atoms with E-state index in [0.717, 1.165) is 16.9 Å². The summed E-state index contributed by atoms with van der Waals surface area (Å²) in [5.74, 6) is 0.320. The third-order valence-corrected chi connectivity index (χ3v) is 5.75. The Kier molecular flexibility index (Phi) is 3.42.